The Morgan fingerprint density at radius 2 is 1.93 bits per heavy atom. The zero-order valence-electron chi connectivity index (χ0n) is 8.44. The summed E-state index contributed by atoms with van der Waals surface area (Å²) in [6, 6.07) is 4.87. The third-order valence-electron chi connectivity index (χ3n) is 1.56. The van der Waals surface area contributed by atoms with E-state index in [1.54, 1.807) is 19.1 Å². The molecule has 0 saturated heterocycles. The van der Waals surface area contributed by atoms with E-state index in [2.05, 4.69) is 20.7 Å². The molecule has 0 unspecified atom stereocenters. The van der Waals surface area contributed by atoms with Crippen molar-refractivity contribution >= 4 is 22.9 Å². The van der Waals surface area contributed by atoms with Gasteiger partial charge in [0.1, 0.15) is 5.75 Å². The minimum atomic E-state index is -4.89. The predicted octanol–water partition coefficient (Wildman–Crippen LogP) is 0.527. The molecule has 0 radical (unpaired) electrons. The van der Waals surface area contributed by atoms with Gasteiger partial charge in [0.15, 0.2) is 0 Å². The number of rotatable bonds is 3. The van der Waals surface area contributed by atoms with Crippen LogP contribution in [-0.2, 0) is 0 Å². The van der Waals surface area contributed by atoms with Gasteiger partial charge in [0.2, 0.25) is 0 Å². The van der Waals surface area contributed by atoms with Crippen molar-refractivity contribution in [2.45, 2.75) is 6.92 Å². The molecular formula is C8H8BBrF3KO. The zero-order chi connectivity index (χ0) is 10.8. The molecular weight excluding hydrogens is 299 g/mol. The van der Waals surface area contributed by atoms with Crippen LogP contribution in [0, 0.1) is 6.92 Å². The molecule has 0 saturated carbocycles. The molecule has 1 aromatic rings. The van der Waals surface area contributed by atoms with Gasteiger partial charge in [-0.05, 0) is 30.7 Å². The summed E-state index contributed by atoms with van der Waals surface area (Å²) in [7, 11) is 0. The molecule has 0 spiro atoms. The second-order valence-electron chi connectivity index (χ2n) is 2.93. The first-order valence-electron chi connectivity index (χ1n) is 3.98. The maximum absolute atomic E-state index is 11.9. The molecule has 1 rings (SSSR count). The fourth-order valence-electron chi connectivity index (χ4n) is 0.959. The Hall–Kier alpha value is 0.991. The number of hydrogen-bond acceptors (Lipinski definition) is 1. The van der Waals surface area contributed by atoms with Gasteiger partial charge in [-0.1, -0.05) is 15.9 Å². The second-order valence-corrected chi connectivity index (χ2v) is 3.85. The smallest absolute Gasteiger partial charge is 0.521 e. The summed E-state index contributed by atoms with van der Waals surface area (Å²) in [4.78, 5) is 0. The monoisotopic (exact) mass is 306 g/mol. The largest absolute Gasteiger partial charge is 1.00 e. The zero-order valence-corrected chi connectivity index (χ0v) is 13.1. The van der Waals surface area contributed by atoms with E-state index in [0.29, 0.717) is 5.56 Å². The Bertz CT molecular complexity index is 332. The van der Waals surface area contributed by atoms with Gasteiger partial charge >= 0.3 is 58.4 Å². The van der Waals surface area contributed by atoms with Crippen molar-refractivity contribution in [1.29, 1.82) is 0 Å². The van der Waals surface area contributed by atoms with Crippen LogP contribution in [0.25, 0.3) is 0 Å². The Kier molecular flexibility index (Phi) is 7.10. The van der Waals surface area contributed by atoms with Crippen LogP contribution >= 0.6 is 15.9 Å². The molecule has 15 heavy (non-hydrogen) atoms. The van der Waals surface area contributed by atoms with Crippen LogP contribution in [0.15, 0.2) is 22.7 Å². The van der Waals surface area contributed by atoms with Crippen molar-refractivity contribution in [3.05, 3.63) is 28.2 Å². The molecule has 0 atom stereocenters. The number of aryl methyl sites for hydroxylation is 1. The summed E-state index contributed by atoms with van der Waals surface area (Å²) in [5.74, 6) is 0.271. The molecule has 0 aliphatic carbocycles. The first-order valence-corrected chi connectivity index (χ1v) is 4.78. The van der Waals surface area contributed by atoms with Crippen molar-refractivity contribution in [2.24, 2.45) is 0 Å². The molecule has 0 N–H and O–H groups in total. The number of ether oxygens (including phenoxy) is 1. The standard InChI is InChI=1S/C8H8BBrF3O.K/c1-6-4-7(10)2-3-8(6)14-5-9(11,12)13;/h2-4H,5H2,1H3;/q-1;+1. The first kappa shape index (κ1) is 16.0. The van der Waals surface area contributed by atoms with E-state index in [1.165, 1.54) is 6.07 Å². The third-order valence-corrected chi connectivity index (χ3v) is 2.06. The van der Waals surface area contributed by atoms with Crippen LogP contribution in [0.4, 0.5) is 12.9 Å². The Labute approximate surface area is 137 Å². The molecule has 0 aliphatic heterocycles. The van der Waals surface area contributed by atoms with Crippen LogP contribution in [0.5, 0.6) is 5.75 Å². The summed E-state index contributed by atoms with van der Waals surface area (Å²) in [6.45, 7) is -4.38. The summed E-state index contributed by atoms with van der Waals surface area (Å²) in [6.07, 6.45) is 0. The van der Waals surface area contributed by atoms with E-state index in [4.69, 9.17) is 0 Å². The Morgan fingerprint density at radius 3 is 2.40 bits per heavy atom. The quantitative estimate of drug-likeness (QED) is 0.740. The molecule has 1 nitrogen and oxygen atoms in total. The Morgan fingerprint density at radius 1 is 1.33 bits per heavy atom. The minimum Gasteiger partial charge on any atom is -0.521 e. The third kappa shape index (κ3) is 6.33. The number of benzene rings is 1. The molecule has 78 valence electrons. The van der Waals surface area contributed by atoms with E-state index in [9.17, 15) is 12.9 Å². The van der Waals surface area contributed by atoms with Crippen LogP contribution in [-0.4, -0.2) is 13.5 Å². The second kappa shape index (κ2) is 6.66. The van der Waals surface area contributed by atoms with Gasteiger partial charge in [-0.2, -0.15) is 0 Å². The molecule has 0 amide bonds. The molecule has 1 aromatic carbocycles. The average molecular weight is 307 g/mol. The molecule has 0 bridgehead atoms. The molecule has 0 heterocycles. The number of halogens is 4. The van der Waals surface area contributed by atoms with Crippen molar-refractivity contribution in [2.75, 3.05) is 6.51 Å². The van der Waals surface area contributed by atoms with Gasteiger partial charge in [0.25, 0.3) is 0 Å². The van der Waals surface area contributed by atoms with Crippen molar-refractivity contribution in [3.63, 3.8) is 0 Å². The van der Waals surface area contributed by atoms with Gasteiger partial charge in [-0.25, -0.2) is 0 Å². The topological polar surface area (TPSA) is 9.23 Å². The number of hydrogen-bond donors (Lipinski definition) is 0. The van der Waals surface area contributed by atoms with Gasteiger partial charge in [0.05, 0.1) is 6.51 Å². The molecule has 7 heteroatoms. The molecule has 0 aliphatic rings. The van der Waals surface area contributed by atoms with E-state index in [0.717, 1.165) is 4.47 Å². The normalized spacial score (nSPS) is 10.7. The summed E-state index contributed by atoms with van der Waals surface area (Å²) in [5, 5.41) is 0. The predicted molar refractivity (Wildman–Crippen MR) is 53.5 cm³/mol. The summed E-state index contributed by atoms with van der Waals surface area (Å²) < 4.78 is 41.1. The van der Waals surface area contributed by atoms with Gasteiger partial charge in [-0.3, -0.25) is 0 Å². The van der Waals surface area contributed by atoms with Crippen LogP contribution < -0.4 is 56.1 Å². The van der Waals surface area contributed by atoms with Gasteiger partial charge in [-0.15, -0.1) is 0 Å². The maximum Gasteiger partial charge on any atom is 1.00 e. The van der Waals surface area contributed by atoms with Crippen molar-refractivity contribution in [3.8, 4) is 5.75 Å². The van der Waals surface area contributed by atoms with E-state index in [1.807, 2.05) is 0 Å². The van der Waals surface area contributed by atoms with Crippen LogP contribution in [0.1, 0.15) is 5.56 Å². The fourth-order valence-corrected chi connectivity index (χ4v) is 1.43. The molecule has 0 aromatic heterocycles. The van der Waals surface area contributed by atoms with Crippen molar-refractivity contribution in [1.82, 2.24) is 0 Å². The van der Waals surface area contributed by atoms with Gasteiger partial charge < -0.3 is 17.7 Å². The first-order chi connectivity index (χ1) is 6.38. The average Bonchev–Trinajstić information content (AvgIpc) is 2.00. The van der Waals surface area contributed by atoms with E-state index >= 15 is 0 Å². The SMILES string of the molecule is Cc1cc(Br)ccc1OC[B-](F)(F)F.[K+]. The van der Waals surface area contributed by atoms with Gasteiger partial charge in [0, 0.05) is 4.47 Å². The Balaban J connectivity index is 0.00000196. The summed E-state index contributed by atoms with van der Waals surface area (Å²) in [5.41, 5.74) is 0.680. The molecule has 0 fully saturated rings. The fraction of sp³-hybridized carbons (Fsp3) is 0.250. The van der Waals surface area contributed by atoms with Crippen molar-refractivity contribution < 1.29 is 69.1 Å². The van der Waals surface area contributed by atoms with E-state index in [-0.39, 0.29) is 57.1 Å². The maximum atomic E-state index is 11.9. The minimum absolute atomic E-state index is 0. The summed E-state index contributed by atoms with van der Waals surface area (Å²) >= 11 is 3.21. The van der Waals surface area contributed by atoms with Crippen LogP contribution in [0.3, 0.4) is 0 Å². The van der Waals surface area contributed by atoms with Crippen LogP contribution in [0.2, 0.25) is 0 Å². The van der Waals surface area contributed by atoms with E-state index < -0.39 is 13.5 Å².